The first-order valence-corrected chi connectivity index (χ1v) is 13.1. The molecule has 2 aromatic rings. The number of carbonyl (C=O) groups excluding carboxylic acids is 2. The van der Waals surface area contributed by atoms with Gasteiger partial charge in [-0.2, -0.15) is 0 Å². The lowest BCUT2D eigenvalue weighted by Crippen LogP contribution is -2.51. The van der Waals surface area contributed by atoms with Crippen molar-refractivity contribution in [2.24, 2.45) is 0 Å². The second-order valence-corrected chi connectivity index (χ2v) is 9.18. The van der Waals surface area contributed by atoms with Gasteiger partial charge in [0.05, 0.1) is 12.8 Å². The second kappa shape index (κ2) is 15.0. The Morgan fingerprint density at radius 3 is 2.51 bits per heavy atom. The van der Waals surface area contributed by atoms with Gasteiger partial charge in [-0.25, -0.2) is 9.18 Å². The molecule has 1 saturated heterocycles. The fraction of sp³-hybridized carbons (Fsp3) is 0.448. The number of nitrogens with zero attached hydrogens (tertiary/aromatic N) is 3. The zero-order valence-corrected chi connectivity index (χ0v) is 22.0. The second-order valence-electron chi connectivity index (χ2n) is 9.18. The highest BCUT2D eigenvalue weighted by molar-refractivity contribution is 5.89. The van der Waals surface area contributed by atoms with Crippen LogP contribution in [0.15, 0.2) is 54.6 Å². The maximum absolute atomic E-state index is 13.9. The van der Waals surface area contributed by atoms with Crippen molar-refractivity contribution in [2.45, 2.75) is 32.6 Å². The molecule has 2 aromatic carbocycles. The van der Waals surface area contributed by atoms with E-state index >= 15 is 0 Å². The number of nitrogens with one attached hydrogen (secondary N) is 1. The predicted octanol–water partition coefficient (Wildman–Crippen LogP) is 5.11. The number of para-hydroxylation sites is 2. The molecule has 0 radical (unpaired) electrons. The average Bonchev–Trinajstić information content (AvgIpc) is 2.92. The van der Waals surface area contributed by atoms with Crippen molar-refractivity contribution < 1.29 is 18.7 Å². The third kappa shape index (κ3) is 8.89. The van der Waals surface area contributed by atoms with E-state index in [0.717, 1.165) is 37.1 Å². The number of piperazine rings is 1. The number of ether oxygens (including phenoxy) is 1. The molecule has 3 rings (SSSR count). The highest BCUT2D eigenvalue weighted by Gasteiger charge is 2.22. The molecule has 0 aliphatic carbocycles. The number of rotatable bonds is 12. The summed E-state index contributed by atoms with van der Waals surface area (Å²) in [6.07, 6.45) is 7.60. The Balaban J connectivity index is 1.51. The topological polar surface area (TPSA) is 65.1 Å². The van der Waals surface area contributed by atoms with E-state index < -0.39 is 5.82 Å². The minimum atomic E-state index is -0.446. The molecular formula is C29H39FN4O3. The number of hydrogen-bond acceptors (Lipinski definition) is 4. The van der Waals surface area contributed by atoms with Gasteiger partial charge in [0.15, 0.2) is 0 Å². The molecule has 1 aliphatic rings. The minimum Gasteiger partial charge on any atom is -0.496 e. The van der Waals surface area contributed by atoms with Crippen LogP contribution in [0.3, 0.4) is 0 Å². The maximum atomic E-state index is 13.9. The van der Waals surface area contributed by atoms with E-state index in [9.17, 15) is 14.0 Å². The maximum Gasteiger partial charge on any atom is 0.322 e. The fourth-order valence-electron chi connectivity index (χ4n) is 4.31. The van der Waals surface area contributed by atoms with Gasteiger partial charge in [-0.3, -0.25) is 9.69 Å². The standard InChI is InChI=1S/C29H39FN4O3/c1-3-4-5-16-28(35)33(17-10-12-24-11-6-9-15-27(24)37-2)21-18-32-19-22-34(23-20-32)29(36)31-26-14-8-7-13-25(26)30/h6-15H,3-5,16-23H2,1-2H3,(H,31,36). The Hall–Kier alpha value is -3.39. The van der Waals surface area contributed by atoms with E-state index in [1.54, 1.807) is 30.2 Å². The van der Waals surface area contributed by atoms with Crippen molar-refractivity contribution in [2.75, 3.05) is 58.2 Å². The van der Waals surface area contributed by atoms with Crippen molar-refractivity contribution in [3.63, 3.8) is 0 Å². The molecule has 8 heteroatoms. The predicted molar refractivity (Wildman–Crippen MR) is 146 cm³/mol. The molecule has 3 amide bonds. The van der Waals surface area contributed by atoms with Gasteiger partial charge in [-0.15, -0.1) is 0 Å². The number of benzene rings is 2. The average molecular weight is 511 g/mol. The first-order valence-electron chi connectivity index (χ1n) is 13.1. The molecule has 200 valence electrons. The minimum absolute atomic E-state index is 0.168. The highest BCUT2D eigenvalue weighted by atomic mass is 19.1. The van der Waals surface area contributed by atoms with Gasteiger partial charge in [0.2, 0.25) is 5.91 Å². The van der Waals surface area contributed by atoms with Crippen LogP contribution in [0.4, 0.5) is 14.9 Å². The number of amides is 3. The number of methoxy groups -OCH3 is 1. The zero-order valence-electron chi connectivity index (χ0n) is 22.0. The van der Waals surface area contributed by atoms with Crippen LogP contribution in [0.25, 0.3) is 6.08 Å². The monoisotopic (exact) mass is 510 g/mol. The van der Waals surface area contributed by atoms with Crippen LogP contribution in [-0.2, 0) is 4.79 Å². The van der Waals surface area contributed by atoms with E-state index in [0.29, 0.717) is 45.7 Å². The SMILES string of the molecule is CCCCCC(=O)N(CC=Cc1ccccc1OC)CCN1CCN(C(=O)Nc2ccccc2F)CC1. The van der Waals surface area contributed by atoms with Crippen molar-refractivity contribution in [1.82, 2.24) is 14.7 Å². The van der Waals surface area contributed by atoms with Crippen molar-refractivity contribution >= 4 is 23.7 Å². The van der Waals surface area contributed by atoms with Gasteiger partial charge in [-0.05, 0) is 24.6 Å². The molecule has 0 aromatic heterocycles. The summed E-state index contributed by atoms with van der Waals surface area (Å²) in [5.74, 6) is 0.524. The molecule has 0 atom stereocenters. The van der Waals surface area contributed by atoms with Crippen LogP contribution in [0, 0.1) is 5.82 Å². The zero-order chi connectivity index (χ0) is 26.5. The van der Waals surface area contributed by atoms with Gasteiger partial charge in [0.25, 0.3) is 0 Å². The van der Waals surface area contributed by atoms with Crippen LogP contribution in [0.2, 0.25) is 0 Å². The van der Waals surface area contributed by atoms with E-state index in [2.05, 4.69) is 17.1 Å². The van der Waals surface area contributed by atoms with E-state index in [-0.39, 0.29) is 17.6 Å². The Kier molecular flexibility index (Phi) is 11.4. The first-order chi connectivity index (χ1) is 18.0. The molecule has 0 bridgehead atoms. The Labute approximate surface area is 219 Å². The van der Waals surface area contributed by atoms with Crippen LogP contribution in [0.5, 0.6) is 5.75 Å². The third-order valence-electron chi connectivity index (χ3n) is 6.57. The summed E-state index contributed by atoms with van der Waals surface area (Å²) in [6, 6.07) is 13.7. The lowest BCUT2D eigenvalue weighted by molar-refractivity contribution is -0.131. The largest absolute Gasteiger partial charge is 0.496 e. The summed E-state index contributed by atoms with van der Waals surface area (Å²) in [6.45, 7) is 6.56. The number of urea groups is 1. The van der Waals surface area contributed by atoms with Gasteiger partial charge in [-0.1, -0.05) is 62.2 Å². The number of unbranched alkanes of at least 4 members (excludes halogenated alkanes) is 2. The van der Waals surface area contributed by atoms with Gasteiger partial charge in [0, 0.05) is 57.8 Å². The number of carbonyl (C=O) groups is 2. The number of hydrogen-bond donors (Lipinski definition) is 1. The fourth-order valence-corrected chi connectivity index (χ4v) is 4.31. The number of anilines is 1. The molecular weight excluding hydrogens is 471 g/mol. The third-order valence-corrected chi connectivity index (χ3v) is 6.57. The van der Waals surface area contributed by atoms with Crippen LogP contribution in [-0.4, -0.2) is 79.6 Å². The van der Waals surface area contributed by atoms with Crippen LogP contribution in [0.1, 0.15) is 38.2 Å². The lowest BCUT2D eigenvalue weighted by atomic mass is 10.1. The van der Waals surface area contributed by atoms with Crippen LogP contribution >= 0.6 is 0 Å². The molecule has 7 nitrogen and oxygen atoms in total. The van der Waals surface area contributed by atoms with Gasteiger partial charge in [0.1, 0.15) is 11.6 Å². The van der Waals surface area contributed by atoms with E-state index in [1.807, 2.05) is 41.3 Å². The molecule has 37 heavy (non-hydrogen) atoms. The molecule has 0 spiro atoms. The molecule has 1 heterocycles. The summed E-state index contributed by atoms with van der Waals surface area (Å²) in [7, 11) is 1.65. The molecule has 0 unspecified atom stereocenters. The van der Waals surface area contributed by atoms with Crippen molar-refractivity contribution in [3.05, 3.63) is 66.0 Å². The van der Waals surface area contributed by atoms with E-state index in [4.69, 9.17) is 4.74 Å². The Morgan fingerprint density at radius 2 is 1.78 bits per heavy atom. The number of halogens is 1. The Morgan fingerprint density at radius 1 is 1.05 bits per heavy atom. The van der Waals surface area contributed by atoms with Gasteiger partial charge >= 0.3 is 6.03 Å². The first kappa shape index (κ1) is 28.2. The van der Waals surface area contributed by atoms with E-state index in [1.165, 1.54) is 6.07 Å². The smallest absolute Gasteiger partial charge is 0.322 e. The van der Waals surface area contributed by atoms with Crippen molar-refractivity contribution in [3.8, 4) is 5.75 Å². The summed E-state index contributed by atoms with van der Waals surface area (Å²) in [5.41, 5.74) is 1.17. The van der Waals surface area contributed by atoms with Crippen LogP contribution < -0.4 is 10.1 Å². The molecule has 0 saturated carbocycles. The molecule has 1 fully saturated rings. The normalized spacial score (nSPS) is 14.1. The summed E-state index contributed by atoms with van der Waals surface area (Å²) >= 11 is 0. The quantitative estimate of drug-likeness (QED) is 0.403. The highest BCUT2D eigenvalue weighted by Crippen LogP contribution is 2.19. The summed E-state index contributed by atoms with van der Waals surface area (Å²) in [4.78, 5) is 31.4. The van der Waals surface area contributed by atoms with Gasteiger partial charge < -0.3 is 19.9 Å². The lowest BCUT2D eigenvalue weighted by Gasteiger charge is -2.35. The van der Waals surface area contributed by atoms with Crippen molar-refractivity contribution in [1.29, 1.82) is 0 Å². The summed E-state index contributed by atoms with van der Waals surface area (Å²) in [5, 5.41) is 2.65. The summed E-state index contributed by atoms with van der Waals surface area (Å²) < 4.78 is 19.3. The molecule has 1 aliphatic heterocycles. The Bertz CT molecular complexity index is 1040. The molecule has 1 N–H and O–H groups in total.